The maximum atomic E-state index is 12.4. The van der Waals surface area contributed by atoms with Crippen LogP contribution in [-0.2, 0) is 0 Å². The normalized spacial score (nSPS) is 25.4. The van der Waals surface area contributed by atoms with Crippen LogP contribution >= 0.6 is 0 Å². The van der Waals surface area contributed by atoms with Gasteiger partial charge in [-0.05, 0) is 62.2 Å². The number of anilines is 1. The van der Waals surface area contributed by atoms with Gasteiger partial charge in [0.25, 0.3) is 11.6 Å². The minimum Gasteiger partial charge on any atom is -0.365 e. The third-order valence-electron chi connectivity index (χ3n) is 5.64. The van der Waals surface area contributed by atoms with Gasteiger partial charge in [-0.2, -0.15) is 0 Å². The van der Waals surface area contributed by atoms with Gasteiger partial charge in [0, 0.05) is 31.3 Å². The van der Waals surface area contributed by atoms with Crippen molar-refractivity contribution in [3.8, 4) is 0 Å². The SMILES string of the molecule is CC1CC(C)CN(c2ccc(C(=O)NCCC3CCNC3)cc2[N+](=O)[O-])C1. The molecule has 7 nitrogen and oxygen atoms in total. The lowest BCUT2D eigenvalue weighted by atomic mass is 9.91. The van der Waals surface area contributed by atoms with E-state index in [4.69, 9.17) is 0 Å². The summed E-state index contributed by atoms with van der Waals surface area (Å²) in [5.74, 6) is 1.36. The Labute approximate surface area is 160 Å². The molecule has 2 fully saturated rings. The fourth-order valence-electron chi connectivity index (χ4n) is 4.39. The molecule has 0 saturated carbocycles. The Kier molecular flexibility index (Phi) is 6.31. The van der Waals surface area contributed by atoms with Crippen molar-refractivity contribution in [3.63, 3.8) is 0 Å². The highest BCUT2D eigenvalue weighted by molar-refractivity contribution is 5.95. The van der Waals surface area contributed by atoms with Gasteiger partial charge in [-0.1, -0.05) is 13.8 Å². The van der Waals surface area contributed by atoms with Crippen LogP contribution in [0.4, 0.5) is 11.4 Å². The lowest BCUT2D eigenvalue weighted by molar-refractivity contribution is -0.384. The van der Waals surface area contributed by atoms with Crippen molar-refractivity contribution < 1.29 is 9.72 Å². The van der Waals surface area contributed by atoms with Gasteiger partial charge in [0.15, 0.2) is 0 Å². The average molecular weight is 374 g/mol. The minimum absolute atomic E-state index is 0.0175. The molecule has 1 aromatic rings. The number of hydrogen-bond acceptors (Lipinski definition) is 5. The maximum Gasteiger partial charge on any atom is 0.293 e. The minimum atomic E-state index is -0.375. The van der Waals surface area contributed by atoms with E-state index in [1.165, 1.54) is 6.07 Å². The van der Waals surface area contributed by atoms with Gasteiger partial charge in [0.2, 0.25) is 0 Å². The quantitative estimate of drug-likeness (QED) is 0.590. The van der Waals surface area contributed by atoms with E-state index in [0.717, 1.165) is 45.4 Å². The molecule has 1 amide bonds. The molecule has 0 aromatic heterocycles. The number of rotatable bonds is 6. The smallest absolute Gasteiger partial charge is 0.293 e. The summed E-state index contributed by atoms with van der Waals surface area (Å²) in [7, 11) is 0. The molecule has 2 saturated heterocycles. The van der Waals surface area contributed by atoms with E-state index < -0.39 is 0 Å². The number of hydrogen-bond donors (Lipinski definition) is 2. The molecular weight excluding hydrogens is 344 g/mol. The van der Waals surface area contributed by atoms with Gasteiger partial charge in [0.1, 0.15) is 5.69 Å². The second kappa shape index (κ2) is 8.69. The largest absolute Gasteiger partial charge is 0.365 e. The van der Waals surface area contributed by atoms with Crippen molar-refractivity contribution in [2.75, 3.05) is 37.6 Å². The van der Waals surface area contributed by atoms with Gasteiger partial charge in [-0.3, -0.25) is 14.9 Å². The molecule has 0 radical (unpaired) electrons. The number of benzene rings is 1. The van der Waals surface area contributed by atoms with Gasteiger partial charge >= 0.3 is 0 Å². The maximum absolute atomic E-state index is 12.4. The van der Waals surface area contributed by atoms with Crippen LogP contribution in [0.5, 0.6) is 0 Å². The summed E-state index contributed by atoms with van der Waals surface area (Å²) in [5, 5.41) is 17.8. The Morgan fingerprint density at radius 3 is 2.70 bits per heavy atom. The lowest BCUT2D eigenvalue weighted by Gasteiger charge is -2.36. The molecular formula is C20H30N4O3. The highest BCUT2D eigenvalue weighted by Crippen LogP contribution is 2.33. The first-order valence-corrected chi connectivity index (χ1v) is 9.96. The number of nitrogens with one attached hydrogen (secondary N) is 2. The summed E-state index contributed by atoms with van der Waals surface area (Å²) >= 11 is 0. The molecule has 0 bridgehead atoms. The van der Waals surface area contributed by atoms with E-state index in [2.05, 4.69) is 29.4 Å². The number of nitro groups is 1. The van der Waals surface area contributed by atoms with E-state index in [1.807, 2.05) is 0 Å². The van der Waals surface area contributed by atoms with Crippen LogP contribution in [0.1, 0.15) is 43.5 Å². The molecule has 2 aliphatic rings. The fraction of sp³-hybridized carbons (Fsp3) is 0.650. The number of carbonyl (C=O) groups excluding carboxylic acids is 1. The first kappa shape index (κ1) is 19.6. The molecule has 0 aliphatic carbocycles. The molecule has 2 heterocycles. The van der Waals surface area contributed by atoms with Crippen LogP contribution in [0.25, 0.3) is 0 Å². The lowest BCUT2D eigenvalue weighted by Crippen LogP contribution is -2.39. The molecule has 148 valence electrons. The highest BCUT2D eigenvalue weighted by atomic mass is 16.6. The van der Waals surface area contributed by atoms with E-state index in [-0.39, 0.29) is 16.5 Å². The Morgan fingerprint density at radius 1 is 1.33 bits per heavy atom. The number of amides is 1. The van der Waals surface area contributed by atoms with Crippen LogP contribution in [0.2, 0.25) is 0 Å². The Hall–Kier alpha value is -2.15. The standard InChI is InChI=1S/C20H30N4O3/c1-14-9-15(2)13-23(12-14)18-4-3-17(10-19(18)24(26)27)20(25)22-8-6-16-5-7-21-11-16/h3-4,10,14-16,21H,5-9,11-13H2,1-2H3,(H,22,25). The third kappa shape index (κ3) is 4.97. The second-order valence-electron chi connectivity index (χ2n) is 8.22. The number of piperidine rings is 1. The van der Waals surface area contributed by atoms with Crippen molar-refractivity contribution in [1.82, 2.24) is 10.6 Å². The van der Waals surface area contributed by atoms with Crippen LogP contribution < -0.4 is 15.5 Å². The second-order valence-corrected chi connectivity index (χ2v) is 8.22. The zero-order valence-corrected chi connectivity index (χ0v) is 16.2. The molecule has 3 unspecified atom stereocenters. The van der Waals surface area contributed by atoms with Gasteiger partial charge < -0.3 is 15.5 Å². The average Bonchev–Trinajstić information content (AvgIpc) is 3.13. The molecule has 3 rings (SSSR count). The molecule has 27 heavy (non-hydrogen) atoms. The zero-order chi connectivity index (χ0) is 19.4. The third-order valence-corrected chi connectivity index (χ3v) is 5.64. The van der Waals surface area contributed by atoms with Crippen LogP contribution in [-0.4, -0.2) is 43.6 Å². The van der Waals surface area contributed by atoms with Gasteiger partial charge in [-0.15, -0.1) is 0 Å². The van der Waals surface area contributed by atoms with Crippen LogP contribution in [0.15, 0.2) is 18.2 Å². The first-order chi connectivity index (χ1) is 12.9. The summed E-state index contributed by atoms with van der Waals surface area (Å²) < 4.78 is 0. The number of nitro benzene ring substituents is 1. The molecule has 2 aliphatic heterocycles. The van der Waals surface area contributed by atoms with Crippen molar-refractivity contribution in [3.05, 3.63) is 33.9 Å². The molecule has 0 spiro atoms. The van der Waals surface area contributed by atoms with Crippen LogP contribution in [0, 0.1) is 27.9 Å². The highest BCUT2D eigenvalue weighted by Gasteiger charge is 2.28. The summed E-state index contributed by atoms with van der Waals surface area (Å²) in [4.78, 5) is 25.8. The van der Waals surface area contributed by atoms with E-state index >= 15 is 0 Å². The summed E-state index contributed by atoms with van der Waals surface area (Å²) in [6, 6.07) is 4.86. The Morgan fingerprint density at radius 2 is 2.07 bits per heavy atom. The van der Waals surface area contributed by atoms with E-state index in [1.54, 1.807) is 12.1 Å². The Balaban J connectivity index is 1.69. The predicted molar refractivity (Wildman–Crippen MR) is 106 cm³/mol. The van der Waals surface area contributed by atoms with Crippen molar-refractivity contribution in [1.29, 1.82) is 0 Å². The fourth-order valence-corrected chi connectivity index (χ4v) is 4.39. The molecule has 7 heteroatoms. The molecule has 3 atom stereocenters. The first-order valence-electron chi connectivity index (χ1n) is 9.96. The van der Waals surface area contributed by atoms with E-state index in [0.29, 0.717) is 35.5 Å². The topological polar surface area (TPSA) is 87.5 Å². The van der Waals surface area contributed by atoms with Gasteiger partial charge in [-0.25, -0.2) is 0 Å². The summed E-state index contributed by atoms with van der Waals surface area (Å²) in [6.45, 7) is 8.62. The van der Waals surface area contributed by atoms with Gasteiger partial charge in [0.05, 0.1) is 4.92 Å². The summed E-state index contributed by atoms with van der Waals surface area (Å²) in [6.07, 6.45) is 3.21. The number of carbonyl (C=O) groups is 1. The predicted octanol–water partition coefficient (Wildman–Crippen LogP) is 2.81. The Bertz CT molecular complexity index is 678. The summed E-state index contributed by atoms with van der Waals surface area (Å²) in [5.41, 5.74) is 0.990. The van der Waals surface area contributed by atoms with Crippen molar-refractivity contribution >= 4 is 17.3 Å². The van der Waals surface area contributed by atoms with Crippen molar-refractivity contribution in [2.45, 2.75) is 33.1 Å². The monoisotopic (exact) mass is 374 g/mol. The van der Waals surface area contributed by atoms with Crippen LogP contribution in [0.3, 0.4) is 0 Å². The molecule has 2 N–H and O–H groups in total. The molecule has 1 aromatic carbocycles. The number of nitrogens with zero attached hydrogens (tertiary/aromatic N) is 2. The zero-order valence-electron chi connectivity index (χ0n) is 16.2. The van der Waals surface area contributed by atoms with Crippen molar-refractivity contribution in [2.24, 2.45) is 17.8 Å². The van der Waals surface area contributed by atoms with E-state index in [9.17, 15) is 14.9 Å².